The Morgan fingerprint density at radius 2 is 0.814 bits per heavy atom. The van der Waals surface area contributed by atoms with E-state index in [1.165, 1.54) is 135 Å². The van der Waals surface area contributed by atoms with E-state index in [1.807, 2.05) is 6.08 Å². The number of nitrogens with one attached hydrogen (secondary N) is 1. The summed E-state index contributed by atoms with van der Waals surface area (Å²) in [5.74, 6) is -0.315. The molecule has 3 rings (SSSR count). The second-order valence-electron chi connectivity index (χ2n) is 23.9. The average molecular weight is 1230 g/mol. The Labute approximate surface area is 515 Å². The van der Waals surface area contributed by atoms with E-state index < -0.39 is 124 Å². The molecule has 3 heterocycles. The first-order valence-electron chi connectivity index (χ1n) is 33.5. The number of allylic oxidation sites excluding steroid dienone is 9. The van der Waals surface area contributed by atoms with E-state index in [4.69, 9.17) is 28.4 Å². The van der Waals surface area contributed by atoms with Crippen LogP contribution in [-0.2, 0) is 33.2 Å². The molecule has 17 unspecified atom stereocenters. The molecule has 3 aliphatic rings. The van der Waals surface area contributed by atoms with Gasteiger partial charge in [-0.05, 0) is 64.2 Å². The largest absolute Gasteiger partial charge is 0.394 e. The van der Waals surface area contributed by atoms with Crippen molar-refractivity contribution in [2.24, 2.45) is 0 Å². The van der Waals surface area contributed by atoms with Gasteiger partial charge >= 0.3 is 0 Å². The van der Waals surface area contributed by atoms with E-state index in [2.05, 4.69) is 67.8 Å². The summed E-state index contributed by atoms with van der Waals surface area (Å²) in [5.41, 5.74) is 0. The number of carbonyl (C=O) groups excluding carboxylic acids is 1. The SMILES string of the molecule is CC/C=C\C/C=C\C/C=C\CCCCCC(=O)NC(COC1OC(CO)C(OC2OC(CO)C(OC3OC(CO)C(O)C(O)C3O)C(O)C2O)C(O)C1O)C(O)/C=C/CC/C=C/CCCCCCCCCCCCCCCCCCCCCCCC. The van der Waals surface area contributed by atoms with Gasteiger partial charge in [0, 0.05) is 6.42 Å². The molecule has 0 aliphatic carbocycles. The summed E-state index contributed by atoms with van der Waals surface area (Å²) >= 11 is 0. The Bertz CT molecular complexity index is 1800. The average Bonchev–Trinajstić information content (AvgIpc) is 2.26. The predicted octanol–water partition coefficient (Wildman–Crippen LogP) is 7.99. The van der Waals surface area contributed by atoms with Gasteiger partial charge < -0.3 is 89.9 Å². The molecule has 17 atom stereocenters. The molecule has 3 fully saturated rings. The van der Waals surface area contributed by atoms with Gasteiger partial charge in [-0.3, -0.25) is 4.79 Å². The number of carbonyl (C=O) groups is 1. The number of hydrogen-bond donors (Lipinski definition) is 12. The van der Waals surface area contributed by atoms with Crippen LogP contribution in [0.3, 0.4) is 0 Å². The van der Waals surface area contributed by atoms with Crippen molar-refractivity contribution in [3.63, 3.8) is 0 Å². The van der Waals surface area contributed by atoms with Crippen LogP contribution in [0.5, 0.6) is 0 Å². The first-order chi connectivity index (χ1) is 41.8. The van der Waals surface area contributed by atoms with Crippen LogP contribution in [0.15, 0.2) is 60.8 Å². The molecule has 1 amide bonds. The van der Waals surface area contributed by atoms with E-state index in [1.54, 1.807) is 6.08 Å². The van der Waals surface area contributed by atoms with Gasteiger partial charge in [0.05, 0.1) is 38.6 Å². The van der Waals surface area contributed by atoms with Gasteiger partial charge in [-0.25, -0.2) is 0 Å². The first-order valence-corrected chi connectivity index (χ1v) is 33.5. The van der Waals surface area contributed by atoms with Crippen molar-refractivity contribution in [3.05, 3.63) is 60.8 Å². The van der Waals surface area contributed by atoms with E-state index in [-0.39, 0.29) is 18.9 Å². The molecule has 19 heteroatoms. The second kappa shape index (κ2) is 49.2. The van der Waals surface area contributed by atoms with Crippen molar-refractivity contribution in [2.45, 2.75) is 330 Å². The first kappa shape index (κ1) is 77.7. The number of ether oxygens (including phenoxy) is 6. The fourth-order valence-electron chi connectivity index (χ4n) is 11.1. The Hall–Kier alpha value is -2.51. The minimum atomic E-state index is -1.99. The molecule has 0 saturated carbocycles. The van der Waals surface area contributed by atoms with Crippen LogP contribution in [-0.4, -0.2) is 193 Å². The molecular weight excluding hydrogens is 1110 g/mol. The summed E-state index contributed by atoms with van der Waals surface area (Å²) in [6, 6.07) is -1.01. The summed E-state index contributed by atoms with van der Waals surface area (Å²) in [5, 5.41) is 120. The molecule has 3 saturated heterocycles. The summed E-state index contributed by atoms with van der Waals surface area (Å²) < 4.78 is 34.2. The van der Waals surface area contributed by atoms with Crippen molar-refractivity contribution in [2.75, 3.05) is 26.4 Å². The maximum absolute atomic E-state index is 13.3. The highest BCUT2D eigenvalue weighted by molar-refractivity contribution is 5.76. The Morgan fingerprint density at radius 1 is 0.430 bits per heavy atom. The highest BCUT2D eigenvalue weighted by Crippen LogP contribution is 2.33. The van der Waals surface area contributed by atoms with E-state index in [0.717, 1.165) is 57.8 Å². The third kappa shape index (κ3) is 31.5. The Kier molecular flexibility index (Phi) is 44.5. The zero-order valence-corrected chi connectivity index (χ0v) is 52.5. The molecule has 500 valence electrons. The van der Waals surface area contributed by atoms with Gasteiger partial charge in [0.1, 0.15) is 73.2 Å². The van der Waals surface area contributed by atoms with Crippen molar-refractivity contribution in [3.8, 4) is 0 Å². The lowest BCUT2D eigenvalue weighted by Gasteiger charge is -2.48. The highest BCUT2D eigenvalue weighted by Gasteiger charge is 2.53. The number of amides is 1. The summed E-state index contributed by atoms with van der Waals surface area (Å²) in [6.45, 7) is 1.57. The van der Waals surface area contributed by atoms with Crippen LogP contribution < -0.4 is 5.32 Å². The molecule has 12 N–H and O–H groups in total. The van der Waals surface area contributed by atoms with Crippen molar-refractivity contribution in [1.29, 1.82) is 0 Å². The van der Waals surface area contributed by atoms with E-state index in [9.17, 15) is 61.0 Å². The Morgan fingerprint density at radius 3 is 1.30 bits per heavy atom. The van der Waals surface area contributed by atoms with Crippen LogP contribution in [0, 0.1) is 0 Å². The lowest BCUT2D eigenvalue weighted by atomic mass is 9.96. The molecule has 0 aromatic rings. The van der Waals surface area contributed by atoms with Crippen molar-refractivity contribution >= 4 is 5.91 Å². The number of aliphatic hydroxyl groups excluding tert-OH is 11. The number of aliphatic hydroxyl groups is 11. The minimum Gasteiger partial charge on any atom is -0.394 e. The fourth-order valence-corrected chi connectivity index (χ4v) is 11.1. The highest BCUT2D eigenvalue weighted by atomic mass is 16.8. The van der Waals surface area contributed by atoms with Crippen LogP contribution in [0.4, 0.5) is 0 Å². The van der Waals surface area contributed by atoms with Crippen LogP contribution in [0.2, 0.25) is 0 Å². The molecule has 0 spiro atoms. The van der Waals surface area contributed by atoms with Gasteiger partial charge in [0.15, 0.2) is 18.9 Å². The zero-order chi connectivity index (χ0) is 62.6. The van der Waals surface area contributed by atoms with Gasteiger partial charge in [0.25, 0.3) is 0 Å². The van der Waals surface area contributed by atoms with Gasteiger partial charge in [-0.2, -0.15) is 0 Å². The molecule has 0 aromatic heterocycles. The van der Waals surface area contributed by atoms with Gasteiger partial charge in [-0.1, -0.05) is 216 Å². The fraction of sp³-hybridized carbons (Fsp3) is 0.836. The molecule has 86 heavy (non-hydrogen) atoms. The normalized spacial score (nSPS) is 29.2. The number of hydrogen-bond acceptors (Lipinski definition) is 18. The van der Waals surface area contributed by atoms with Crippen LogP contribution >= 0.6 is 0 Å². The van der Waals surface area contributed by atoms with Crippen LogP contribution in [0.25, 0.3) is 0 Å². The maximum atomic E-state index is 13.3. The Balaban J connectivity index is 1.44. The minimum absolute atomic E-state index is 0.198. The summed E-state index contributed by atoms with van der Waals surface area (Å²) in [7, 11) is 0. The third-order valence-electron chi connectivity index (χ3n) is 16.5. The monoisotopic (exact) mass is 1230 g/mol. The second-order valence-corrected chi connectivity index (χ2v) is 23.9. The molecule has 0 aromatic carbocycles. The van der Waals surface area contributed by atoms with E-state index >= 15 is 0 Å². The molecular formula is C67H119NO18. The third-order valence-corrected chi connectivity index (χ3v) is 16.5. The molecule has 0 bridgehead atoms. The molecule has 0 radical (unpaired) electrons. The molecule has 3 aliphatic heterocycles. The van der Waals surface area contributed by atoms with Gasteiger partial charge in [-0.15, -0.1) is 0 Å². The number of unbranched alkanes of at least 4 members (excludes halogenated alkanes) is 26. The van der Waals surface area contributed by atoms with E-state index in [0.29, 0.717) is 12.8 Å². The van der Waals surface area contributed by atoms with Crippen LogP contribution in [0.1, 0.15) is 226 Å². The van der Waals surface area contributed by atoms with Crippen molar-refractivity contribution in [1.82, 2.24) is 5.32 Å². The number of rotatable bonds is 50. The maximum Gasteiger partial charge on any atom is 0.220 e. The quantitative estimate of drug-likeness (QED) is 0.0203. The lowest BCUT2D eigenvalue weighted by Crippen LogP contribution is -2.66. The summed E-state index contributed by atoms with van der Waals surface area (Å²) in [4.78, 5) is 13.3. The predicted molar refractivity (Wildman–Crippen MR) is 332 cm³/mol. The standard InChI is InChI=1S/C67H119NO18/c1-3-5-7-9-11-13-15-17-18-19-20-21-22-23-24-25-26-27-28-29-30-31-33-34-36-38-40-42-44-51(72)50(68-55(73)45-43-41-39-37-35-32-16-14-12-10-8-6-4-2)49-81-65-61(79)58(76)63(53(47-70)83-65)86-67-62(80)59(77)64(54(48-71)84-67)85-66-60(78)57(75)56(74)52(46-69)82-66/h6,8,12,14,32,34-36,42,44,50-54,56-67,69-72,74-80H,3-5,7,9-11,13,15-31,33,37-41,43,45-49H2,1-2H3,(H,68,73)/b8-6-,14-12-,35-32-,36-34+,44-42+. The van der Waals surface area contributed by atoms with Gasteiger partial charge in [0.2, 0.25) is 5.91 Å². The summed E-state index contributed by atoms with van der Waals surface area (Å²) in [6.07, 6.45) is 32.3. The zero-order valence-electron chi connectivity index (χ0n) is 52.5. The topological polar surface area (TPSA) is 307 Å². The molecule has 19 nitrogen and oxygen atoms in total. The van der Waals surface area contributed by atoms with Crippen molar-refractivity contribution < 1.29 is 89.4 Å². The lowest BCUT2D eigenvalue weighted by molar-refractivity contribution is -0.379. The smallest absolute Gasteiger partial charge is 0.220 e.